The van der Waals surface area contributed by atoms with Crippen LogP contribution in [0.5, 0.6) is 0 Å². The van der Waals surface area contributed by atoms with Crippen LogP contribution in [-0.4, -0.2) is 31.6 Å². The molecular weight excluding hydrogens is 352 g/mol. The van der Waals surface area contributed by atoms with E-state index >= 15 is 0 Å². The second-order valence-electron chi connectivity index (χ2n) is 7.12. The first-order valence-electron chi connectivity index (χ1n) is 10.0. The molecule has 0 radical (unpaired) electrons. The Bertz CT molecular complexity index is 768. The second-order valence-corrected chi connectivity index (χ2v) is 7.12. The molecule has 0 bridgehead atoms. The van der Waals surface area contributed by atoms with E-state index in [9.17, 15) is 9.59 Å². The first-order valence-corrected chi connectivity index (χ1v) is 10.0. The van der Waals surface area contributed by atoms with Crippen LogP contribution in [0.1, 0.15) is 44.1 Å². The van der Waals surface area contributed by atoms with Crippen molar-refractivity contribution < 1.29 is 14.3 Å². The van der Waals surface area contributed by atoms with Crippen molar-refractivity contribution in [2.24, 2.45) is 0 Å². The van der Waals surface area contributed by atoms with Gasteiger partial charge in [0.2, 0.25) is 0 Å². The topological polar surface area (TPSA) is 58.6 Å². The van der Waals surface area contributed by atoms with E-state index in [2.05, 4.69) is 10.2 Å². The Morgan fingerprint density at radius 1 is 1.00 bits per heavy atom. The third-order valence-electron chi connectivity index (χ3n) is 5.11. The van der Waals surface area contributed by atoms with Gasteiger partial charge in [-0.25, -0.2) is 0 Å². The third-order valence-corrected chi connectivity index (χ3v) is 5.11. The lowest BCUT2D eigenvalue weighted by Crippen LogP contribution is -2.29. The summed E-state index contributed by atoms with van der Waals surface area (Å²) in [5.74, 6) is -1.05. The summed E-state index contributed by atoms with van der Waals surface area (Å²) < 4.78 is 5.24. The van der Waals surface area contributed by atoms with Crippen molar-refractivity contribution in [3.05, 3.63) is 60.2 Å². The molecule has 0 saturated carbocycles. The molecule has 0 spiro atoms. The average Bonchev–Trinajstić information content (AvgIpc) is 2.75. The molecule has 5 nitrogen and oxygen atoms in total. The molecule has 3 rings (SSSR count). The van der Waals surface area contributed by atoms with E-state index in [-0.39, 0.29) is 24.4 Å². The number of nitrogens with zero attached hydrogens (tertiary/aromatic N) is 1. The maximum Gasteiger partial charge on any atom is 0.313 e. The predicted octanol–water partition coefficient (Wildman–Crippen LogP) is 4.35. The van der Waals surface area contributed by atoms with Crippen molar-refractivity contribution in [2.75, 3.05) is 29.9 Å². The lowest BCUT2D eigenvalue weighted by atomic mass is 9.97. The Kier molecular flexibility index (Phi) is 7.06. The summed E-state index contributed by atoms with van der Waals surface area (Å²) in [7, 11) is 0. The Labute approximate surface area is 166 Å². The van der Waals surface area contributed by atoms with Crippen LogP contribution in [0, 0.1) is 0 Å². The van der Waals surface area contributed by atoms with Gasteiger partial charge in [0.25, 0.3) is 5.91 Å². The minimum atomic E-state index is -0.371. The number of benzene rings is 2. The Balaban J connectivity index is 1.49. The number of anilines is 2. The molecule has 1 fully saturated rings. The maximum atomic E-state index is 12.3. The SMILES string of the molecule is CC[C@@H](C(=O)OCC(=O)Nc1ccc(N2CCCCC2)cc1)c1ccccc1. The standard InChI is InChI=1S/C23H28N2O3/c1-2-21(18-9-5-3-6-10-18)23(27)28-17-22(26)24-19-11-13-20(14-12-19)25-15-7-4-8-16-25/h3,5-6,9-14,21H,2,4,7-8,15-17H2,1H3,(H,24,26)/t21-/m1/s1. The Hall–Kier alpha value is -2.82. The van der Waals surface area contributed by atoms with Crippen LogP contribution in [0.2, 0.25) is 0 Å². The quantitative estimate of drug-likeness (QED) is 0.726. The number of hydrogen-bond acceptors (Lipinski definition) is 4. The lowest BCUT2D eigenvalue weighted by Gasteiger charge is -2.28. The molecule has 1 N–H and O–H groups in total. The van der Waals surface area contributed by atoms with E-state index in [0.717, 1.165) is 18.7 Å². The van der Waals surface area contributed by atoms with Crippen LogP contribution in [0.15, 0.2) is 54.6 Å². The van der Waals surface area contributed by atoms with Crippen LogP contribution in [0.25, 0.3) is 0 Å². The normalized spacial score (nSPS) is 15.0. The molecule has 2 aromatic rings. The Morgan fingerprint density at radius 2 is 1.68 bits per heavy atom. The molecule has 0 aliphatic carbocycles. The molecule has 1 aliphatic heterocycles. The molecule has 1 heterocycles. The largest absolute Gasteiger partial charge is 0.455 e. The van der Waals surface area contributed by atoms with Crippen LogP contribution < -0.4 is 10.2 Å². The third kappa shape index (κ3) is 5.35. The number of esters is 1. The molecule has 28 heavy (non-hydrogen) atoms. The average molecular weight is 380 g/mol. The van der Waals surface area contributed by atoms with Gasteiger partial charge >= 0.3 is 5.97 Å². The van der Waals surface area contributed by atoms with Gasteiger partial charge in [-0.3, -0.25) is 9.59 Å². The monoisotopic (exact) mass is 380 g/mol. The maximum absolute atomic E-state index is 12.3. The molecule has 0 unspecified atom stereocenters. The number of carbonyl (C=O) groups is 2. The highest BCUT2D eigenvalue weighted by Crippen LogP contribution is 2.22. The van der Waals surface area contributed by atoms with Gasteiger partial charge in [-0.15, -0.1) is 0 Å². The molecule has 1 aliphatic rings. The zero-order chi connectivity index (χ0) is 19.8. The number of amides is 1. The fourth-order valence-corrected chi connectivity index (χ4v) is 3.57. The molecule has 5 heteroatoms. The zero-order valence-electron chi connectivity index (χ0n) is 16.4. The Morgan fingerprint density at radius 3 is 2.32 bits per heavy atom. The highest BCUT2D eigenvalue weighted by atomic mass is 16.5. The van der Waals surface area contributed by atoms with Crippen molar-refractivity contribution in [3.8, 4) is 0 Å². The number of carbonyl (C=O) groups excluding carboxylic acids is 2. The summed E-state index contributed by atoms with van der Waals surface area (Å²) in [6.45, 7) is 3.82. The van der Waals surface area contributed by atoms with Crippen molar-refractivity contribution in [1.29, 1.82) is 0 Å². The minimum absolute atomic E-state index is 0.282. The van der Waals surface area contributed by atoms with Gasteiger partial charge in [-0.05, 0) is 55.5 Å². The van der Waals surface area contributed by atoms with Gasteiger partial charge < -0.3 is 15.0 Å². The van der Waals surface area contributed by atoms with E-state index < -0.39 is 0 Å². The molecule has 0 aromatic heterocycles. The number of hydrogen-bond donors (Lipinski definition) is 1. The predicted molar refractivity (Wildman–Crippen MR) is 112 cm³/mol. The van der Waals surface area contributed by atoms with Gasteiger partial charge in [-0.2, -0.15) is 0 Å². The minimum Gasteiger partial charge on any atom is -0.455 e. The fourth-order valence-electron chi connectivity index (χ4n) is 3.57. The van der Waals surface area contributed by atoms with E-state index in [1.54, 1.807) is 0 Å². The number of nitrogens with one attached hydrogen (secondary N) is 1. The first-order chi connectivity index (χ1) is 13.7. The van der Waals surface area contributed by atoms with Gasteiger partial charge in [0, 0.05) is 24.5 Å². The van der Waals surface area contributed by atoms with Crippen molar-refractivity contribution in [2.45, 2.75) is 38.5 Å². The summed E-state index contributed by atoms with van der Waals surface area (Å²) in [5.41, 5.74) is 2.79. The summed E-state index contributed by atoms with van der Waals surface area (Å²) in [6, 6.07) is 17.3. The van der Waals surface area contributed by atoms with Gasteiger partial charge in [0.05, 0.1) is 5.92 Å². The van der Waals surface area contributed by atoms with Crippen LogP contribution >= 0.6 is 0 Å². The highest BCUT2D eigenvalue weighted by Gasteiger charge is 2.21. The molecule has 1 atom stereocenters. The van der Waals surface area contributed by atoms with Crippen LogP contribution in [0.3, 0.4) is 0 Å². The molecule has 1 amide bonds. The molecule has 1 saturated heterocycles. The summed E-state index contributed by atoms with van der Waals surface area (Å²) in [6.07, 6.45) is 4.38. The van der Waals surface area contributed by atoms with Crippen LogP contribution in [-0.2, 0) is 14.3 Å². The highest BCUT2D eigenvalue weighted by molar-refractivity contribution is 5.93. The summed E-state index contributed by atoms with van der Waals surface area (Å²) in [5, 5.41) is 2.79. The summed E-state index contributed by atoms with van der Waals surface area (Å²) in [4.78, 5) is 26.9. The van der Waals surface area contributed by atoms with E-state index in [4.69, 9.17) is 4.74 Å². The fraction of sp³-hybridized carbons (Fsp3) is 0.391. The van der Waals surface area contributed by atoms with Crippen molar-refractivity contribution in [3.63, 3.8) is 0 Å². The van der Waals surface area contributed by atoms with E-state index in [1.807, 2.05) is 61.5 Å². The van der Waals surface area contributed by atoms with Crippen molar-refractivity contribution in [1.82, 2.24) is 0 Å². The van der Waals surface area contributed by atoms with E-state index in [0.29, 0.717) is 12.1 Å². The number of piperidine rings is 1. The van der Waals surface area contributed by atoms with Gasteiger partial charge in [-0.1, -0.05) is 37.3 Å². The molecule has 148 valence electrons. The number of ether oxygens (including phenoxy) is 1. The van der Waals surface area contributed by atoms with Gasteiger partial charge in [0.15, 0.2) is 6.61 Å². The smallest absolute Gasteiger partial charge is 0.313 e. The number of rotatable bonds is 7. The van der Waals surface area contributed by atoms with Crippen molar-refractivity contribution >= 4 is 23.3 Å². The molecular formula is C23H28N2O3. The van der Waals surface area contributed by atoms with Crippen LogP contribution in [0.4, 0.5) is 11.4 Å². The van der Waals surface area contributed by atoms with Gasteiger partial charge in [0.1, 0.15) is 0 Å². The van der Waals surface area contributed by atoms with E-state index in [1.165, 1.54) is 24.9 Å². The zero-order valence-corrected chi connectivity index (χ0v) is 16.4. The second kappa shape index (κ2) is 9.93. The summed E-state index contributed by atoms with van der Waals surface area (Å²) >= 11 is 0. The first kappa shape index (κ1) is 19.9. The molecule has 2 aromatic carbocycles. The lowest BCUT2D eigenvalue weighted by molar-refractivity contribution is -0.149.